The molecule has 2 heterocycles. The molecule has 3 aromatic carbocycles. The van der Waals surface area contributed by atoms with Gasteiger partial charge in [-0.3, -0.25) is 14.5 Å². The Balaban J connectivity index is 1.50. The Morgan fingerprint density at radius 3 is 2.24 bits per heavy atom. The number of carbonyl (C=O) groups excluding carboxylic acids is 2. The molecule has 1 aliphatic rings. The van der Waals surface area contributed by atoms with Crippen LogP contribution in [0.3, 0.4) is 0 Å². The summed E-state index contributed by atoms with van der Waals surface area (Å²) >= 11 is 1.42. The van der Waals surface area contributed by atoms with E-state index in [0.29, 0.717) is 28.5 Å². The minimum atomic E-state index is -0.759. The summed E-state index contributed by atoms with van der Waals surface area (Å²) in [6.07, 6.45) is 0.00666. The number of aliphatic hydroxyl groups is 1. The van der Waals surface area contributed by atoms with Gasteiger partial charge in [0.15, 0.2) is 0 Å². The van der Waals surface area contributed by atoms with E-state index in [4.69, 9.17) is 9.47 Å². The van der Waals surface area contributed by atoms with Crippen molar-refractivity contribution >= 4 is 34.5 Å². The Hall–Kier alpha value is -4.36. The molecule has 0 radical (unpaired) electrons. The zero-order chi connectivity index (χ0) is 26.8. The van der Waals surface area contributed by atoms with Gasteiger partial charge in [-0.2, -0.15) is 0 Å². The van der Waals surface area contributed by atoms with Crippen LogP contribution in [-0.4, -0.2) is 22.9 Å². The fourth-order valence-electron chi connectivity index (χ4n) is 4.42. The van der Waals surface area contributed by atoms with Crippen molar-refractivity contribution in [2.75, 3.05) is 4.90 Å². The van der Waals surface area contributed by atoms with Gasteiger partial charge >= 0.3 is 0 Å². The molecule has 1 atom stereocenters. The Bertz CT molecular complexity index is 1490. The van der Waals surface area contributed by atoms with E-state index < -0.39 is 17.7 Å². The number of hydrogen-bond acceptors (Lipinski definition) is 6. The Kier molecular flexibility index (Phi) is 7.03. The average molecular weight is 526 g/mol. The van der Waals surface area contributed by atoms with E-state index in [1.54, 1.807) is 48.5 Å². The van der Waals surface area contributed by atoms with Gasteiger partial charge in [0.2, 0.25) is 0 Å². The van der Waals surface area contributed by atoms with Gasteiger partial charge in [-0.05, 0) is 98.4 Å². The Morgan fingerprint density at radius 2 is 1.61 bits per heavy atom. The number of amides is 1. The van der Waals surface area contributed by atoms with Crippen LogP contribution < -0.4 is 14.4 Å². The van der Waals surface area contributed by atoms with Crippen LogP contribution in [0.1, 0.15) is 35.9 Å². The van der Waals surface area contributed by atoms with Gasteiger partial charge < -0.3 is 14.6 Å². The van der Waals surface area contributed by atoms with Crippen molar-refractivity contribution in [3.63, 3.8) is 0 Å². The van der Waals surface area contributed by atoms with E-state index >= 15 is 0 Å². The number of ether oxygens (including phenoxy) is 2. The summed E-state index contributed by atoms with van der Waals surface area (Å²) in [7, 11) is 0. The second-order valence-corrected chi connectivity index (χ2v) is 10.3. The topological polar surface area (TPSA) is 76.1 Å². The lowest BCUT2D eigenvalue weighted by molar-refractivity contribution is -0.132. The molecule has 1 amide bonds. The molecule has 1 aromatic heterocycles. The highest BCUT2D eigenvalue weighted by Crippen LogP contribution is 2.44. The number of rotatable bonds is 7. The van der Waals surface area contributed by atoms with E-state index in [2.05, 4.69) is 0 Å². The van der Waals surface area contributed by atoms with Gasteiger partial charge in [0, 0.05) is 16.1 Å². The van der Waals surface area contributed by atoms with E-state index in [1.165, 1.54) is 16.2 Å². The third-order valence-electron chi connectivity index (χ3n) is 6.10. The highest BCUT2D eigenvalue weighted by atomic mass is 32.1. The predicted octanol–water partition coefficient (Wildman–Crippen LogP) is 7.26. The summed E-state index contributed by atoms with van der Waals surface area (Å²) in [6, 6.07) is 24.5. The van der Waals surface area contributed by atoms with Gasteiger partial charge in [0.05, 0.1) is 11.7 Å². The molecule has 1 fully saturated rings. The van der Waals surface area contributed by atoms with Gasteiger partial charge in [0.1, 0.15) is 29.0 Å². The van der Waals surface area contributed by atoms with Crippen molar-refractivity contribution in [2.24, 2.45) is 0 Å². The first-order chi connectivity index (χ1) is 18.3. The van der Waals surface area contributed by atoms with Crippen LogP contribution in [0.15, 0.2) is 95.9 Å². The maximum atomic E-state index is 13.3. The minimum Gasteiger partial charge on any atom is -0.507 e. The smallest absolute Gasteiger partial charge is 0.300 e. The standard InChI is InChI=1S/C31H27NO5S/c1-19(2)36-23-13-9-21(10-14-23)29(33)27-28(26-8-5-17-38-26)32(31(35)30(27)34)22-11-15-24(16-12-22)37-25-7-4-6-20(3)18-25/h4-19,28,33H,1-3H3/b29-27-. The maximum absolute atomic E-state index is 13.3. The molecule has 7 heteroatoms. The summed E-state index contributed by atoms with van der Waals surface area (Å²) < 4.78 is 11.6. The third-order valence-corrected chi connectivity index (χ3v) is 7.02. The second kappa shape index (κ2) is 10.6. The monoisotopic (exact) mass is 525 g/mol. The van der Waals surface area contributed by atoms with Crippen molar-refractivity contribution < 1.29 is 24.2 Å². The molecular formula is C31H27NO5S. The normalized spacial score (nSPS) is 16.7. The number of Topliss-reactive ketones (excluding diaryl/α,β-unsaturated/α-hetero) is 1. The van der Waals surface area contributed by atoms with Crippen LogP contribution in [0.4, 0.5) is 5.69 Å². The first-order valence-electron chi connectivity index (χ1n) is 12.3. The molecule has 0 aliphatic carbocycles. The fourth-order valence-corrected chi connectivity index (χ4v) is 5.25. The molecule has 0 spiro atoms. The van der Waals surface area contributed by atoms with Gasteiger partial charge in [-0.1, -0.05) is 18.2 Å². The Morgan fingerprint density at radius 1 is 0.895 bits per heavy atom. The predicted molar refractivity (Wildman–Crippen MR) is 149 cm³/mol. The summed E-state index contributed by atoms with van der Waals surface area (Å²) in [5, 5.41) is 13.2. The average Bonchev–Trinajstić information content (AvgIpc) is 3.51. The summed E-state index contributed by atoms with van der Waals surface area (Å²) in [5.41, 5.74) is 2.10. The summed E-state index contributed by atoms with van der Waals surface area (Å²) in [4.78, 5) is 28.8. The number of thiophene rings is 1. The van der Waals surface area contributed by atoms with E-state index in [1.807, 2.05) is 62.5 Å². The van der Waals surface area contributed by atoms with Crippen molar-refractivity contribution in [1.82, 2.24) is 0 Å². The van der Waals surface area contributed by atoms with Gasteiger partial charge in [-0.25, -0.2) is 0 Å². The number of anilines is 1. The van der Waals surface area contributed by atoms with Gasteiger partial charge in [-0.15, -0.1) is 11.3 Å². The van der Waals surface area contributed by atoms with Crippen LogP contribution >= 0.6 is 11.3 Å². The van der Waals surface area contributed by atoms with Crippen LogP contribution in [0.5, 0.6) is 17.2 Å². The lowest BCUT2D eigenvalue weighted by Crippen LogP contribution is -2.29. The highest BCUT2D eigenvalue weighted by Gasteiger charge is 2.47. The van der Waals surface area contributed by atoms with Crippen LogP contribution in [0.25, 0.3) is 5.76 Å². The first-order valence-corrected chi connectivity index (χ1v) is 13.2. The van der Waals surface area contributed by atoms with Crippen LogP contribution in [-0.2, 0) is 9.59 Å². The highest BCUT2D eigenvalue weighted by molar-refractivity contribution is 7.10. The van der Waals surface area contributed by atoms with Crippen molar-refractivity contribution in [1.29, 1.82) is 0 Å². The lowest BCUT2D eigenvalue weighted by Gasteiger charge is -2.24. The molecule has 38 heavy (non-hydrogen) atoms. The van der Waals surface area contributed by atoms with E-state index in [9.17, 15) is 14.7 Å². The lowest BCUT2D eigenvalue weighted by atomic mass is 9.99. The molecule has 1 saturated heterocycles. The number of nitrogens with zero attached hydrogens (tertiary/aromatic N) is 1. The minimum absolute atomic E-state index is 0.00666. The molecule has 1 N–H and O–H groups in total. The number of aryl methyl sites for hydroxylation is 1. The molecule has 0 bridgehead atoms. The zero-order valence-corrected chi connectivity index (χ0v) is 22.1. The number of ketones is 1. The summed E-state index contributed by atoms with van der Waals surface area (Å²) in [5.74, 6) is 0.314. The molecule has 1 unspecified atom stereocenters. The van der Waals surface area contributed by atoms with Crippen molar-refractivity contribution in [2.45, 2.75) is 32.9 Å². The van der Waals surface area contributed by atoms with E-state index in [-0.39, 0.29) is 17.4 Å². The van der Waals surface area contributed by atoms with Gasteiger partial charge in [0.25, 0.3) is 11.7 Å². The number of benzene rings is 3. The SMILES string of the molecule is Cc1cccc(Oc2ccc(N3C(=O)C(=O)/C(=C(\O)c4ccc(OC(C)C)cc4)C3c3cccs3)cc2)c1. The quantitative estimate of drug-likeness (QED) is 0.156. The zero-order valence-electron chi connectivity index (χ0n) is 21.3. The van der Waals surface area contributed by atoms with E-state index in [0.717, 1.165) is 10.4 Å². The molecule has 1 aliphatic heterocycles. The number of hydrogen-bond donors (Lipinski definition) is 1. The molecular weight excluding hydrogens is 498 g/mol. The number of aliphatic hydroxyl groups excluding tert-OH is 1. The van der Waals surface area contributed by atoms with Crippen molar-refractivity contribution in [3.05, 3.63) is 112 Å². The molecule has 4 aromatic rings. The van der Waals surface area contributed by atoms with Crippen molar-refractivity contribution in [3.8, 4) is 17.2 Å². The largest absolute Gasteiger partial charge is 0.507 e. The molecule has 5 rings (SSSR count). The molecule has 0 saturated carbocycles. The second-order valence-electron chi connectivity index (χ2n) is 9.29. The molecule has 6 nitrogen and oxygen atoms in total. The first kappa shape index (κ1) is 25.3. The maximum Gasteiger partial charge on any atom is 0.300 e. The van der Waals surface area contributed by atoms with Crippen LogP contribution in [0.2, 0.25) is 0 Å². The number of carbonyl (C=O) groups is 2. The fraction of sp³-hybridized carbons (Fsp3) is 0.161. The summed E-state index contributed by atoms with van der Waals surface area (Å²) in [6.45, 7) is 5.85. The Labute approximate surface area is 225 Å². The molecule has 192 valence electrons. The van der Waals surface area contributed by atoms with Crippen LogP contribution in [0, 0.1) is 6.92 Å². The third kappa shape index (κ3) is 5.06.